The summed E-state index contributed by atoms with van der Waals surface area (Å²) in [6.07, 6.45) is 23.1. The van der Waals surface area contributed by atoms with Crippen LogP contribution in [0.3, 0.4) is 0 Å². The third kappa shape index (κ3) is 12.1. The summed E-state index contributed by atoms with van der Waals surface area (Å²) in [5.74, 6) is 0. The summed E-state index contributed by atoms with van der Waals surface area (Å²) >= 11 is 0. The van der Waals surface area contributed by atoms with Crippen LogP contribution in [0, 0.1) is 0 Å². The fourth-order valence-electron chi connectivity index (χ4n) is 3.45. The van der Waals surface area contributed by atoms with E-state index in [0.717, 1.165) is 12.8 Å². The average molecular weight is 365 g/mol. The van der Waals surface area contributed by atoms with Crippen molar-refractivity contribution in [2.45, 2.75) is 116 Å². The molecular formula is C22H40N2O2. The minimum atomic E-state index is -0.321. The lowest BCUT2D eigenvalue weighted by atomic mass is 10.0. The van der Waals surface area contributed by atoms with E-state index < -0.39 is 0 Å². The quantitative estimate of drug-likeness (QED) is 0.355. The Morgan fingerprint density at radius 3 is 1.54 bits per heavy atom. The van der Waals surface area contributed by atoms with Crippen LogP contribution in [0.25, 0.3) is 0 Å². The number of aromatic nitrogens is 2. The number of H-pyrrole nitrogens is 1. The summed E-state index contributed by atoms with van der Waals surface area (Å²) in [7, 11) is 0. The average Bonchev–Trinajstić information content (AvgIpc) is 2.63. The number of nitrogens with zero attached hydrogens (tertiary/aromatic N) is 1. The van der Waals surface area contributed by atoms with Gasteiger partial charge in [0, 0.05) is 18.8 Å². The van der Waals surface area contributed by atoms with E-state index in [0.29, 0.717) is 6.54 Å². The molecule has 1 heterocycles. The highest BCUT2D eigenvalue weighted by Crippen LogP contribution is 2.13. The van der Waals surface area contributed by atoms with E-state index in [1.807, 2.05) is 0 Å². The van der Waals surface area contributed by atoms with Crippen LogP contribution < -0.4 is 11.2 Å². The zero-order valence-electron chi connectivity index (χ0n) is 16.9. The Bertz CT molecular complexity index is 548. The van der Waals surface area contributed by atoms with Gasteiger partial charge in [-0.25, -0.2) is 4.79 Å². The van der Waals surface area contributed by atoms with Gasteiger partial charge in [-0.2, -0.15) is 0 Å². The van der Waals surface area contributed by atoms with Crippen LogP contribution in [0.15, 0.2) is 21.9 Å². The maximum Gasteiger partial charge on any atom is 0.328 e. The molecule has 26 heavy (non-hydrogen) atoms. The molecule has 1 N–H and O–H groups in total. The molecule has 0 fully saturated rings. The van der Waals surface area contributed by atoms with Crippen LogP contribution in [-0.2, 0) is 6.54 Å². The third-order valence-electron chi connectivity index (χ3n) is 5.15. The second-order valence-electron chi connectivity index (χ2n) is 7.61. The highest BCUT2D eigenvalue weighted by Gasteiger charge is 1.97. The lowest BCUT2D eigenvalue weighted by Crippen LogP contribution is -2.28. The van der Waals surface area contributed by atoms with Gasteiger partial charge in [-0.1, -0.05) is 103 Å². The molecule has 0 aromatic carbocycles. The topological polar surface area (TPSA) is 54.9 Å². The maximum atomic E-state index is 11.5. The van der Waals surface area contributed by atoms with Crippen molar-refractivity contribution in [3.8, 4) is 0 Å². The van der Waals surface area contributed by atoms with Gasteiger partial charge in [-0.05, 0) is 6.42 Å². The molecule has 0 atom stereocenters. The molecule has 0 unspecified atom stereocenters. The van der Waals surface area contributed by atoms with E-state index in [9.17, 15) is 9.59 Å². The predicted octanol–water partition coefficient (Wildman–Crippen LogP) is 5.80. The molecule has 4 nitrogen and oxygen atoms in total. The Balaban J connectivity index is 1.81. The summed E-state index contributed by atoms with van der Waals surface area (Å²) in [5.41, 5.74) is -0.614. The van der Waals surface area contributed by atoms with E-state index >= 15 is 0 Å². The Hall–Kier alpha value is -1.32. The molecule has 150 valence electrons. The standard InChI is InChI=1S/C22H40N2O2/c1-2-3-4-5-6-7-8-9-10-11-12-13-14-15-16-17-19-24-20-18-21(25)23-22(24)26/h18,20H,2-17,19H2,1H3,(H,23,25,26). The van der Waals surface area contributed by atoms with Crippen molar-refractivity contribution in [3.63, 3.8) is 0 Å². The van der Waals surface area contributed by atoms with Crippen molar-refractivity contribution in [3.05, 3.63) is 33.1 Å². The highest BCUT2D eigenvalue weighted by atomic mass is 16.2. The molecule has 0 aliphatic rings. The third-order valence-corrected chi connectivity index (χ3v) is 5.15. The van der Waals surface area contributed by atoms with Gasteiger partial charge >= 0.3 is 5.69 Å². The Kier molecular flexibility index (Phi) is 13.9. The monoisotopic (exact) mass is 364 g/mol. The van der Waals surface area contributed by atoms with Crippen LogP contribution in [-0.4, -0.2) is 9.55 Å². The van der Waals surface area contributed by atoms with Crippen molar-refractivity contribution < 1.29 is 0 Å². The summed E-state index contributed by atoms with van der Waals surface area (Å²) < 4.78 is 1.59. The van der Waals surface area contributed by atoms with E-state index in [-0.39, 0.29) is 11.2 Å². The molecule has 0 aliphatic carbocycles. The number of unbranched alkanes of at least 4 members (excludes halogenated alkanes) is 15. The molecule has 4 heteroatoms. The molecule has 1 aromatic rings. The zero-order chi connectivity index (χ0) is 18.9. The molecule has 1 aromatic heterocycles. The van der Waals surface area contributed by atoms with E-state index in [1.165, 1.54) is 96.0 Å². The fraction of sp³-hybridized carbons (Fsp3) is 0.818. The Morgan fingerprint density at radius 1 is 0.692 bits per heavy atom. The van der Waals surface area contributed by atoms with Crippen molar-refractivity contribution >= 4 is 0 Å². The number of nitrogens with one attached hydrogen (secondary N) is 1. The van der Waals surface area contributed by atoms with Crippen molar-refractivity contribution in [1.29, 1.82) is 0 Å². The molecule has 0 saturated heterocycles. The normalized spacial score (nSPS) is 11.1. The Morgan fingerprint density at radius 2 is 1.12 bits per heavy atom. The first kappa shape index (κ1) is 22.7. The first-order valence-corrected chi connectivity index (χ1v) is 11.0. The fourth-order valence-corrected chi connectivity index (χ4v) is 3.45. The van der Waals surface area contributed by atoms with Gasteiger partial charge in [-0.15, -0.1) is 0 Å². The molecule has 1 rings (SSSR count). The zero-order valence-corrected chi connectivity index (χ0v) is 16.9. The molecule has 0 saturated carbocycles. The minimum Gasteiger partial charge on any atom is -0.301 e. The van der Waals surface area contributed by atoms with E-state index in [2.05, 4.69) is 11.9 Å². The summed E-state index contributed by atoms with van der Waals surface area (Å²) in [4.78, 5) is 24.8. The van der Waals surface area contributed by atoms with Gasteiger partial charge < -0.3 is 4.57 Å². The van der Waals surface area contributed by atoms with Crippen LogP contribution in [0.5, 0.6) is 0 Å². The largest absolute Gasteiger partial charge is 0.328 e. The van der Waals surface area contributed by atoms with Gasteiger partial charge in [0.1, 0.15) is 0 Å². The second kappa shape index (κ2) is 15.9. The van der Waals surface area contributed by atoms with Gasteiger partial charge in [0.15, 0.2) is 0 Å². The highest BCUT2D eigenvalue weighted by molar-refractivity contribution is 4.82. The van der Waals surface area contributed by atoms with Gasteiger partial charge in [0.05, 0.1) is 0 Å². The van der Waals surface area contributed by atoms with Gasteiger partial charge in [0.25, 0.3) is 5.56 Å². The predicted molar refractivity (Wildman–Crippen MR) is 111 cm³/mol. The number of aromatic amines is 1. The molecule has 0 amide bonds. The minimum absolute atomic E-state index is 0.293. The summed E-state index contributed by atoms with van der Waals surface area (Å²) in [5, 5.41) is 0. The smallest absolute Gasteiger partial charge is 0.301 e. The molecule has 0 spiro atoms. The van der Waals surface area contributed by atoms with E-state index in [4.69, 9.17) is 0 Å². The Labute approximate surface area is 159 Å². The van der Waals surface area contributed by atoms with Crippen LogP contribution in [0.4, 0.5) is 0 Å². The first-order valence-electron chi connectivity index (χ1n) is 11.0. The van der Waals surface area contributed by atoms with Crippen molar-refractivity contribution in [1.82, 2.24) is 9.55 Å². The van der Waals surface area contributed by atoms with Crippen LogP contribution >= 0.6 is 0 Å². The second-order valence-corrected chi connectivity index (χ2v) is 7.61. The number of hydrogen-bond donors (Lipinski definition) is 1. The summed E-state index contributed by atoms with van der Waals surface area (Å²) in [6, 6.07) is 1.41. The van der Waals surface area contributed by atoms with Gasteiger partial charge in [-0.3, -0.25) is 9.78 Å². The molecular weight excluding hydrogens is 324 g/mol. The van der Waals surface area contributed by atoms with Crippen LogP contribution in [0.2, 0.25) is 0 Å². The number of rotatable bonds is 17. The first-order chi connectivity index (χ1) is 12.7. The van der Waals surface area contributed by atoms with Crippen molar-refractivity contribution in [2.24, 2.45) is 0 Å². The van der Waals surface area contributed by atoms with Crippen molar-refractivity contribution in [2.75, 3.05) is 0 Å². The molecule has 0 bridgehead atoms. The molecule has 0 radical (unpaired) electrons. The molecule has 0 aliphatic heterocycles. The van der Waals surface area contributed by atoms with E-state index in [1.54, 1.807) is 10.8 Å². The van der Waals surface area contributed by atoms with Crippen LogP contribution in [0.1, 0.15) is 110 Å². The van der Waals surface area contributed by atoms with Gasteiger partial charge in [0.2, 0.25) is 0 Å². The lowest BCUT2D eigenvalue weighted by Gasteiger charge is -2.05. The summed E-state index contributed by atoms with van der Waals surface area (Å²) in [6.45, 7) is 2.98. The SMILES string of the molecule is CCCCCCCCCCCCCCCCCCn1ccc(=O)[nH]c1=O. The number of aryl methyl sites for hydroxylation is 1. The lowest BCUT2D eigenvalue weighted by molar-refractivity contribution is 0.516. The maximum absolute atomic E-state index is 11.5. The number of hydrogen-bond acceptors (Lipinski definition) is 2.